The van der Waals surface area contributed by atoms with Crippen LogP contribution in [-0.4, -0.2) is 22.8 Å². The summed E-state index contributed by atoms with van der Waals surface area (Å²) in [5.74, 6) is -0.0544. The molecular weight excluding hydrogens is 309 g/mol. The van der Waals surface area contributed by atoms with Crippen molar-refractivity contribution in [2.45, 2.75) is 13.0 Å². The fourth-order valence-corrected chi connectivity index (χ4v) is 2.45. The highest BCUT2D eigenvalue weighted by Gasteiger charge is 2.23. The molecule has 0 saturated carbocycles. The van der Waals surface area contributed by atoms with Crippen LogP contribution in [0.5, 0.6) is 0 Å². The van der Waals surface area contributed by atoms with E-state index in [0.29, 0.717) is 5.02 Å². The van der Waals surface area contributed by atoms with E-state index in [1.807, 2.05) is 25.1 Å². The molecule has 1 heterocycles. The quantitative estimate of drug-likeness (QED) is 0.934. The van der Waals surface area contributed by atoms with Crippen LogP contribution in [0.25, 0.3) is 0 Å². The van der Waals surface area contributed by atoms with Gasteiger partial charge in [0.1, 0.15) is 11.5 Å². The third-order valence-corrected chi connectivity index (χ3v) is 3.98. The first-order valence-corrected chi connectivity index (χ1v) is 7.11. The van der Waals surface area contributed by atoms with E-state index in [0.717, 1.165) is 5.56 Å². The second kappa shape index (κ2) is 6.33. The first-order valence-electron chi connectivity index (χ1n) is 6.35. The summed E-state index contributed by atoms with van der Waals surface area (Å²) in [4.78, 5) is 18.1. The van der Waals surface area contributed by atoms with Crippen molar-refractivity contribution in [3.8, 4) is 0 Å². The lowest BCUT2D eigenvalue weighted by Crippen LogP contribution is -2.30. The molecule has 0 bridgehead atoms. The Kier molecular flexibility index (Phi) is 4.70. The second-order valence-corrected chi connectivity index (χ2v) is 5.49. The van der Waals surface area contributed by atoms with Crippen molar-refractivity contribution < 1.29 is 4.79 Å². The highest BCUT2D eigenvalue weighted by Crippen LogP contribution is 2.28. The van der Waals surface area contributed by atoms with Gasteiger partial charge in [0.05, 0.1) is 11.1 Å². The van der Waals surface area contributed by atoms with Gasteiger partial charge in [0.15, 0.2) is 0 Å². The number of carbonyl (C=O) groups is 1. The fraction of sp³-hybridized carbons (Fsp3) is 0.200. The minimum absolute atomic E-state index is 0.137. The molecule has 110 valence electrons. The number of pyridine rings is 1. The molecule has 1 aromatic carbocycles. The summed E-state index contributed by atoms with van der Waals surface area (Å²) in [6.07, 6.45) is 0. The zero-order valence-electron chi connectivity index (χ0n) is 11.7. The molecule has 0 spiro atoms. The van der Waals surface area contributed by atoms with Crippen LogP contribution in [0, 0.1) is 0 Å². The number of nitrogen functional groups attached to an aromatic ring is 1. The van der Waals surface area contributed by atoms with Crippen LogP contribution in [0.1, 0.15) is 29.0 Å². The Labute approximate surface area is 133 Å². The predicted molar refractivity (Wildman–Crippen MR) is 85.6 cm³/mol. The fourth-order valence-electron chi connectivity index (χ4n) is 1.97. The van der Waals surface area contributed by atoms with Crippen LogP contribution in [0.15, 0.2) is 36.4 Å². The number of nitrogens with two attached hydrogens (primary N) is 1. The van der Waals surface area contributed by atoms with Crippen molar-refractivity contribution in [3.63, 3.8) is 0 Å². The summed E-state index contributed by atoms with van der Waals surface area (Å²) in [5, 5.41) is 0.878. The Morgan fingerprint density at radius 1 is 1.19 bits per heavy atom. The van der Waals surface area contributed by atoms with Gasteiger partial charge in [-0.3, -0.25) is 4.79 Å². The molecule has 0 fully saturated rings. The number of hydrogen-bond donors (Lipinski definition) is 1. The second-order valence-electron chi connectivity index (χ2n) is 4.68. The summed E-state index contributed by atoms with van der Waals surface area (Å²) < 4.78 is 0. The van der Waals surface area contributed by atoms with E-state index in [9.17, 15) is 4.79 Å². The average molecular weight is 324 g/mol. The molecule has 6 heteroatoms. The maximum atomic E-state index is 12.5. The monoisotopic (exact) mass is 323 g/mol. The third kappa shape index (κ3) is 3.28. The highest BCUT2D eigenvalue weighted by molar-refractivity contribution is 6.33. The number of benzene rings is 1. The van der Waals surface area contributed by atoms with Crippen molar-refractivity contribution in [2.75, 3.05) is 12.8 Å². The van der Waals surface area contributed by atoms with Crippen molar-refractivity contribution in [3.05, 3.63) is 57.7 Å². The number of carbonyl (C=O) groups excluding carboxylic acids is 1. The minimum atomic E-state index is -0.306. The molecule has 1 atom stereocenters. The van der Waals surface area contributed by atoms with Crippen LogP contribution < -0.4 is 5.73 Å². The van der Waals surface area contributed by atoms with Gasteiger partial charge in [-0.2, -0.15) is 0 Å². The maximum absolute atomic E-state index is 12.5. The predicted octanol–water partition coefficient (Wildman–Crippen LogP) is 3.80. The molecule has 21 heavy (non-hydrogen) atoms. The van der Waals surface area contributed by atoms with Gasteiger partial charge in [-0.05, 0) is 30.7 Å². The Hall–Kier alpha value is -1.78. The Bertz CT molecular complexity index is 676. The third-order valence-electron chi connectivity index (χ3n) is 3.33. The molecular formula is C15H15Cl2N3O. The van der Waals surface area contributed by atoms with Gasteiger partial charge in [-0.1, -0.05) is 41.4 Å². The summed E-state index contributed by atoms with van der Waals surface area (Å²) in [6.45, 7) is 1.89. The number of amides is 1. The number of hydrogen-bond acceptors (Lipinski definition) is 3. The van der Waals surface area contributed by atoms with E-state index in [2.05, 4.69) is 4.98 Å². The van der Waals surface area contributed by atoms with Crippen molar-refractivity contribution >= 4 is 34.9 Å². The van der Waals surface area contributed by atoms with Gasteiger partial charge >= 0.3 is 0 Å². The lowest BCUT2D eigenvalue weighted by Gasteiger charge is -2.26. The Morgan fingerprint density at radius 2 is 1.86 bits per heavy atom. The molecule has 1 unspecified atom stereocenters. The normalized spacial score (nSPS) is 12.0. The van der Waals surface area contributed by atoms with E-state index in [1.54, 1.807) is 25.2 Å². The van der Waals surface area contributed by atoms with Crippen LogP contribution in [0.4, 0.5) is 5.82 Å². The van der Waals surface area contributed by atoms with Gasteiger partial charge in [0.2, 0.25) is 0 Å². The van der Waals surface area contributed by atoms with Gasteiger partial charge in [-0.15, -0.1) is 0 Å². The maximum Gasteiger partial charge on any atom is 0.274 e. The lowest BCUT2D eigenvalue weighted by molar-refractivity contribution is 0.0737. The van der Waals surface area contributed by atoms with E-state index >= 15 is 0 Å². The average Bonchev–Trinajstić information content (AvgIpc) is 2.48. The van der Waals surface area contributed by atoms with E-state index in [-0.39, 0.29) is 28.5 Å². The largest absolute Gasteiger partial charge is 0.384 e. The summed E-state index contributed by atoms with van der Waals surface area (Å²) in [5.41, 5.74) is 6.61. The summed E-state index contributed by atoms with van der Waals surface area (Å²) in [6, 6.07) is 10.3. The van der Waals surface area contributed by atoms with Crippen LogP contribution in [0.3, 0.4) is 0 Å². The van der Waals surface area contributed by atoms with E-state index in [4.69, 9.17) is 28.9 Å². The molecule has 2 N–H and O–H groups in total. The summed E-state index contributed by atoms with van der Waals surface area (Å²) >= 11 is 12.2. The van der Waals surface area contributed by atoms with Crippen LogP contribution in [-0.2, 0) is 0 Å². The summed E-state index contributed by atoms with van der Waals surface area (Å²) in [7, 11) is 1.68. The molecule has 0 aliphatic carbocycles. The number of halogens is 2. The van der Waals surface area contributed by atoms with Gasteiger partial charge in [0, 0.05) is 12.1 Å². The Morgan fingerprint density at radius 3 is 2.52 bits per heavy atom. The molecule has 4 nitrogen and oxygen atoms in total. The number of aromatic nitrogens is 1. The smallest absolute Gasteiger partial charge is 0.274 e. The first-order chi connectivity index (χ1) is 9.91. The zero-order valence-corrected chi connectivity index (χ0v) is 13.2. The molecule has 0 radical (unpaired) electrons. The molecule has 2 aromatic rings. The molecule has 0 saturated heterocycles. The number of nitrogens with zero attached hydrogens (tertiary/aromatic N) is 2. The zero-order chi connectivity index (χ0) is 15.6. The van der Waals surface area contributed by atoms with Gasteiger partial charge in [0.25, 0.3) is 5.91 Å². The van der Waals surface area contributed by atoms with E-state index in [1.165, 1.54) is 4.90 Å². The number of anilines is 1. The molecule has 1 aromatic heterocycles. The topological polar surface area (TPSA) is 59.2 Å². The van der Waals surface area contributed by atoms with Crippen molar-refractivity contribution in [1.29, 1.82) is 0 Å². The van der Waals surface area contributed by atoms with Crippen LogP contribution >= 0.6 is 23.2 Å². The molecule has 1 amide bonds. The number of rotatable bonds is 3. The molecule has 2 rings (SSSR count). The molecule has 0 aliphatic heterocycles. The standard InChI is InChI=1S/C15H15Cl2N3O/c1-9(10-5-3-4-6-11(10)16)20(2)15(21)14-12(17)7-8-13(18)19-14/h3-9H,1-2H3,(H2,18,19). The van der Waals surface area contributed by atoms with E-state index < -0.39 is 0 Å². The Balaban J connectivity index is 2.31. The highest BCUT2D eigenvalue weighted by atomic mass is 35.5. The van der Waals surface area contributed by atoms with Crippen molar-refractivity contribution in [1.82, 2.24) is 9.88 Å². The van der Waals surface area contributed by atoms with Gasteiger partial charge in [-0.25, -0.2) is 4.98 Å². The van der Waals surface area contributed by atoms with Crippen LogP contribution in [0.2, 0.25) is 10.0 Å². The SMILES string of the molecule is CC(c1ccccc1Cl)N(C)C(=O)c1nc(N)ccc1Cl. The van der Waals surface area contributed by atoms with Crippen molar-refractivity contribution in [2.24, 2.45) is 0 Å². The lowest BCUT2D eigenvalue weighted by atomic mass is 10.1. The minimum Gasteiger partial charge on any atom is -0.384 e. The molecule has 0 aliphatic rings. The van der Waals surface area contributed by atoms with Gasteiger partial charge < -0.3 is 10.6 Å². The first kappa shape index (κ1) is 15.6.